The molecule has 0 fully saturated rings. The van der Waals surface area contributed by atoms with Crippen LogP contribution < -0.4 is 0 Å². The smallest absolute Gasteiger partial charge is 0.195 e. The SMILES string of the molecule is C#CC(Sc1ccccc1)(C(=O)c1ccccc1)c1cccc2cc3ccccc3cc12. The molecule has 0 radical (unpaired) electrons. The van der Waals surface area contributed by atoms with Crippen LogP contribution in [0, 0.1) is 12.3 Å². The largest absolute Gasteiger partial charge is 0.291 e. The van der Waals surface area contributed by atoms with Crippen molar-refractivity contribution in [2.75, 3.05) is 0 Å². The Bertz CT molecular complexity index is 1470. The second kappa shape index (κ2) is 8.38. The van der Waals surface area contributed by atoms with E-state index < -0.39 is 4.75 Å². The van der Waals surface area contributed by atoms with Gasteiger partial charge >= 0.3 is 0 Å². The highest BCUT2D eigenvalue weighted by molar-refractivity contribution is 8.01. The van der Waals surface area contributed by atoms with E-state index in [1.165, 1.54) is 11.8 Å². The molecule has 32 heavy (non-hydrogen) atoms. The third kappa shape index (κ3) is 3.47. The topological polar surface area (TPSA) is 17.1 Å². The lowest BCUT2D eigenvalue weighted by Gasteiger charge is -2.29. The molecule has 0 saturated carbocycles. The van der Waals surface area contributed by atoms with Crippen LogP contribution in [-0.2, 0) is 4.75 Å². The van der Waals surface area contributed by atoms with Gasteiger partial charge in [0.2, 0.25) is 0 Å². The Morgan fingerprint density at radius 1 is 0.688 bits per heavy atom. The van der Waals surface area contributed by atoms with Gasteiger partial charge in [-0.1, -0.05) is 109 Å². The summed E-state index contributed by atoms with van der Waals surface area (Å²) in [5.41, 5.74) is 1.44. The molecule has 0 aliphatic carbocycles. The maximum Gasteiger partial charge on any atom is 0.195 e. The van der Waals surface area contributed by atoms with Crippen molar-refractivity contribution in [1.29, 1.82) is 0 Å². The van der Waals surface area contributed by atoms with E-state index in [-0.39, 0.29) is 5.78 Å². The Hall–Kier alpha value is -3.80. The Labute approximate surface area is 192 Å². The van der Waals surface area contributed by atoms with E-state index in [0.29, 0.717) is 5.56 Å². The summed E-state index contributed by atoms with van der Waals surface area (Å²) >= 11 is 1.43. The fourth-order valence-electron chi connectivity index (χ4n) is 4.13. The number of ketones is 1. The number of carbonyl (C=O) groups excluding carboxylic acids is 1. The highest BCUT2D eigenvalue weighted by Crippen LogP contribution is 2.46. The molecule has 5 rings (SSSR count). The molecule has 1 nitrogen and oxygen atoms in total. The summed E-state index contributed by atoms with van der Waals surface area (Å²) < 4.78 is -1.20. The average molecular weight is 429 g/mol. The number of Topliss-reactive ketones (excluding diaryl/α,β-unsaturated/α-hetero) is 1. The average Bonchev–Trinajstić information content (AvgIpc) is 2.86. The van der Waals surface area contributed by atoms with Crippen molar-refractivity contribution in [3.05, 3.63) is 126 Å². The minimum absolute atomic E-state index is 0.0879. The molecule has 5 aromatic carbocycles. The molecule has 0 N–H and O–H groups in total. The zero-order chi connectivity index (χ0) is 22.0. The highest BCUT2D eigenvalue weighted by atomic mass is 32.2. The zero-order valence-corrected chi connectivity index (χ0v) is 18.2. The highest BCUT2D eigenvalue weighted by Gasteiger charge is 2.41. The minimum atomic E-state index is -1.20. The summed E-state index contributed by atoms with van der Waals surface area (Å²) in [5, 5.41) is 4.34. The van der Waals surface area contributed by atoms with Gasteiger partial charge < -0.3 is 0 Å². The molecule has 0 amide bonds. The zero-order valence-electron chi connectivity index (χ0n) is 17.4. The number of carbonyl (C=O) groups is 1. The standard InChI is InChI=1S/C30H20OS/c1-2-30(32-26-17-7-4-8-18-26,29(31)22-12-5-3-6-13-22)28-19-11-16-25-20-23-14-9-10-15-24(23)21-27(25)28/h1,3-21H. The molecule has 0 saturated heterocycles. The Kier molecular flexibility index (Phi) is 5.27. The predicted octanol–water partition coefficient (Wildman–Crippen LogP) is 7.50. The van der Waals surface area contributed by atoms with Gasteiger partial charge in [0.15, 0.2) is 10.5 Å². The van der Waals surface area contributed by atoms with E-state index in [1.807, 2.05) is 84.9 Å². The summed E-state index contributed by atoms with van der Waals surface area (Å²) in [6.07, 6.45) is 6.24. The second-order valence-corrected chi connectivity index (χ2v) is 8.95. The van der Waals surface area contributed by atoms with Gasteiger partial charge in [-0.2, -0.15) is 0 Å². The van der Waals surface area contributed by atoms with E-state index in [9.17, 15) is 4.79 Å². The van der Waals surface area contributed by atoms with Gasteiger partial charge in [0.1, 0.15) is 0 Å². The maximum atomic E-state index is 14.0. The van der Waals surface area contributed by atoms with Crippen LogP contribution in [0.1, 0.15) is 15.9 Å². The van der Waals surface area contributed by atoms with E-state index >= 15 is 0 Å². The molecule has 0 aliphatic rings. The van der Waals surface area contributed by atoms with Gasteiger partial charge in [0.05, 0.1) is 0 Å². The quantitative estimate of drug-likeness (QED) is 0.125. The Balaban J connectivity index is 1.80. The van der Waals surface area contributed by atoms with Crippen LogP contribution in [0.3, 0.4) is 0 Å². The van der Waals surface area contributed by atoms with Crippen molar-refractivity contribution in [3.8, 4) is 12.3 Å². The number of benzene rings is 5. The third-order valence-electron chi connectivity index (χ3n) is 5.70. The second-order valence-electron chi connectivity index (χ2n) is 7.66. The van der Waals surface area contributed by atoms with E-state index in [2.05, 4.69) is 36.3 Å². The first-order chi connectivity index (χ1) is 15.7. The number of rotatable bonds is 5. The number of hydrogen-bond donors (Lipinski definition) is 0. The Morgan fingerprint density at radius 2 is 1.28 bits per heavy atom. The normalized spacial score (nSPS) is 12.8. The summed E-state index contributed by atoms with van der Waals surface area (Å²) in [6, 6.07) is 37.8. The summed E-state index contributed by atoms with van der Waals surface area (Å²) in [4.78, 5) is 15.0. The predicted molar refractivity (Wildman–Crippen MR) is 135 cm³/mol. The van der Waals surface area contributed by atoms with Gasteiger partial charge in [-0.25, -0.2) is 0 Å². The molecule has 152 valence electrons. The van der Waals surface area contributed by atoms with Crippen molar-refractivity contribution >= 4 is 39.1 Å². The molecule has 0 aromatic heterocycles. The molecule has 0 heterocycles. The fraction of sp³-hybridized carbons (Fsp3) is 0.0333. The Morgan fingerprint density at radius 3 is 1.97 bits per heavy atom. The van der Waals surface area contributed by atoms with Gasteiger partial charge in [-0.15, -0.1) is 6.42 Å². The van der Waals surface area contributed by atoms with Crippen LogP contribution >= 0.6 is 11.8 Å². The molecule has 5 aromatic rings. The van der Waals surface area contributed by atoms with E-state index in [0.717, 1.165) is 32.0 Å². The van der Waals surface area contributed by atoms with Gasteiger partial charge in [-0.05, 0) is 51.4 Å². The molecular formula is C30H20OS. The van der Waals surface area contributed by atoms with Gasteiger partial charge in [0, 0.05) is 10.5 Å². The maximum absolute atomic E-state index is 14.0. The molecule has 2 heteroatoms. The van der Waals surface area contributed by atoms with Crippen molar-refractivity contribution < 1.29 is 4.79 Å². The van der Waals surface area contributed by atoms with Crippen LogP contribution in [0.2, 0.25) is 0 Å². The van der Waals surface area contributed by atoms with Crippen molar-refractivity contribution in [3.63, 3.8) is 0 Å². The lowest BCUT2D eigenvalue weighted by molar-refractivity contribution is 0.0966. The fourth-order valence-corrected chi connectivity index (χ4v) is 5.33. The molecular weight excluding hydrogens is 408 g/mol. The number of thioether (sulfide) groups is 1. The monoisotopic (exact) mass is 428 g/mol. The number of hydrogen-bond acceptors (Lipinski definition) is 2. The lowest BCUT2D eigenvalue weighted by atomic mass is 9.86. The first kappa shape index (κ1) is 20.1. The first-order valence-electron chi connectivity index (χ1n) is 10.4. The number of terminal acetylenes is 1. The summed E-state index contributed by atoms with van der Waals surface area (Å²) in [5.74, 6) is 2.84. The first-order valence-corrected chi connectivity index (χ1v) is 11.3. The van der Waals surface area contributed by atoms with Crippen LogP contribution in [0.15, 0.2) is 120 Å². The van der Waals surface area contributed by atoms with E-state index in [4.69, 9.17) is 6.42 Å². The minimum Gasteiger partial charge on any atom is -0.291 e. The molecule has 0 aliphatic heterocycles. The van der Waals surface area contributed by atoms with Gasteiger partial charge in [0.25, 0.3) is 0 Å². The van der Waals surface area contributed by atoms with Crippen LogP contribution in [-0.4, -0.2) is 5.78 Å². The molecule has 0 spiro atoms. The van der Waals surface area contributed by atoms with Crippen LogP contribution in [0.25, 0.3) is 21.5 Å². The lowest BCUT2D eigenvalue weighted by Crippen LogP contribution is -2.31. The van der Waals surface area contributed by atoms with Crippen molar-refractivity contribution in [2.24, 2.45) is 0 Å². The molecule has 1 unspecified atom stereocenters. The van der Waals surface area contributed by atoms with Crippen molar-refractivity contribution in [1.82, 2.24) is 0 Å². The molecule has 1 atom stereocenters. The van der Waals surface area contributed by atoms with E-state index in [1.54, 1.807) is 0 Å². The number of fused-ring (bicyclic) bond motifs is 2. The van der Waals surface area contributed by atoms with Crippen LogP contribution in [0.5, 0.6) is 0 Å². The van der Waals surface area contributed by atoms with Crippen LogP contribution in [0.4, 0.5) is 0 Å². The van der Waals surface area contributed by atoms with Crippen molar-refractivity contribution in [2.45, 2.75) is 9.64 Å². The summed E-state index contributed by atoms with van der Waals surface area (Å²) in [7, 11) is 0. The summed E-state index contributed by atoms with van der Waals surface area (Å²) in [6.45, 7) is 0. The third-order valence-corrected chi connectivity index (χ3v) is 7.04. The van der Waals surface area contributed by atoms with Gasteiger partial charge in [-0.3, -0.25) is 4.79 Å². The molecule has 0 bridgehead atoms.